The summed E-state index contributed by atoms with van der Waals surface area (Å²) >= 11 is 0. The molecule has 26 heavy (non-hydrogen) atoms. The van der Waals surface area contributed by atoms with Crippen molar-refractivity contribution in [2.75, 3.05) is 17.1 Å². The summed E-state index contributed by atoms with van der Waals surface area (Å²) in [6.07, 6.45) is 0.691. The number of fused-ring (bicyclic) bond motifs is 1. The van der Waals surface area contributed by atoms with Crippen LogP contribution in [0.5, 0.6) is 5.75 Å². The second-order valence-electron chi connectivity index (χ2n) is 6.40. The molecule has 2 aromatic rings. The topological polar surface area (TPSA) is 75.7 Å². The second kappa shape index (κ2) is 7.37. The molecule has 3 rings (SSSR count). The number of nitrogens with one attached hydrogen (secondary N) is 1. The van der Waals surface area contributed by atoms with Crippen molar-refractivity contribution in [1.29, 1.82) is 0 Å². The number of hydrogen-bond donors (Lipinski definition) is 1. The van der Waals surface area contributed by atoms with Crippen LogP contribution in [0, 0.1) is 6.92 Å². The highest BCUT2D eigenvalue weighted by molar-refractivity contribution is 7.92. The van der Waals surface area contributed by atoms with Crippen molar-refractivity contribution in [3.63, 3.8) is 0 Å². The van der Waals surface area contributed by atoms with Gasteiger partial charge < -0.3 is 10.1 Å². The molecule has 1 heterocycles. The summed E-state index contributed by atoms with van der Waals surface area (Å²) in [4.78, 5) is 12.6. The summed E-state index contributed by atoms with van der Waals surface area (Å²) in [7, 11) is -3.45. The van der Waals surface area contributed by atoms with Gasteiger partial charge in [-0.2, -0.15) is 0 Å². The molecule has 0 aromatic heterocycles. The van der Waals surface area contributed by atoms with Gasteiger partial charge in [-0.1, -0.05) is 42.0 Å². The highest BCUT2D eigenvalue weighted by Gasteiger charge is 2.30. The van der Waals surface area contributed by atoms with Gasteiger partial charge in [-0.05, 0) is 24.6 Å². The molecule has 0 spiro atoms. The second-order valence-corrected chi connectivity index (χ2v) is 8.31. The average Bonchev–Trinajstić information content (AvgIpc) is 2.80. The van der Waals surface area contributed by atoms with Gasteiger partial charge in [-0.15, -0.1) is 0 Å². The molecule has 7 heteroatoms. The number of nitrogens with zero attached hydrogens (tertiary/aromatic N) is 1. The number of anilines is 1. The molecule has 2 aromatic carbocycles. The summed E-state index contributed by atoms with van der Waals surface area (Å²) in [5.74, 6) is 0.140. The first kappa shape index (κ1) is 18.3. The van der Waals surface area contributed by atoms with Crippen LogP contribution in [0.2, 0.25) is 0 Å². The molecule has 1 N–H and O–H groups in total. The van der Waals surface area contributed by atoms with Gasteiger partial charge in [0.15, 0.2) is 6.10 Å². The Labute approximate surface area is 153 Å². The third-order valence-corrected chi connectivity index (χ3v) is 5.46. The lowest BCUT2D eigenvalue weighted by atomic mass is 10.1. The van der Waals surface area contributed by atoms with Gasteiger partial charge in [0, 0.05) is 19.5 Å². The van der Waals surface area contributed by atoms with Crippen LogP contribution in [0.3, 0.4) is 0 Å². The van der Waals surface area contributed by atoms with Gasteiger partial charge in [-0.25, -0.2) is 8.42 Å². The Morgan fingerprint density at radius 2 is 1.88 bits per heavy atom. The minimum atomic E-state index is -3.45. The maximum Gasteiger partial charge on any atom is 0.261 e. The van der Waals surface area contributed by atoms with Crippen LogP contribution in [0.1, 0.15) is 17.5 Å². The maximum absolute atomic E-state index is 12.6. The van der Waals surface area contributed by atoms with Crippen LogP contribution in [0.25, 0.3) is 0 Å². The number of aryl methyl sites for hydroxylation is 1. The number of sulfonamides is 1. The summed E-state index contributed by atoms with van der Waals surface area (Å²) in [5, 5.41) is 2.87. The van der Waals surface area contributed by atoms with Crippen molar-refractivity contribution in [3.05, 3.63) is 59.7 Å². The Hall–Kier alpha value is -2.54. The van der Waals surface area contributed by atoms with E-state index in [0.717, 1.165) is 17.4 Å². The predicted molar refractivity (Wildman–Crippen MR) is 101 cm³/mol. The van der Waals surface area contributed by atoms with E-state index < -0.39 is 16.1 Å². The molecule has 0 aliphatic carbocycles. The molecule has 1 amide bonds. The quantitative estimate of drug-likeness (QED) is 0.890. The molecular formula is C19H22N2O4S. The molecule has 0 saturated carbocycles. The number of hydrogen-bond acceptors (Lipinski definition) is 4. The van der Waals surface area contributed by atoms with E-state index in [2.05, 4.69) is 5.32 Å². The molecular weight excluding hydrogens is 352 g/mol. The number of carbonyl (C=O) groups excluding carboxylic acids is 1. The number of rotatable bonds is 4. The fourth-order valence-electron chi connectivity index (χ4n) is 2.87. The van der Waals surface area contributed by atoms with Crippen LogP contribution >= 0.6 is 0 Å². The van der Waals surface area contributed by atoms with E-state index in [0.29, 0.717) is 18.0 Å². The highest BCUT2D eigenvalue weighted by Crippen LogP contribution is 2.33. The first-order chi connectivity index (χ1) is 12.3. The lowest BCUT2D eigenvalue weighted by molar-refractivity contribution is -0.128. The van der Waals surface area contributed by atoms with E-state index in [4.69, 9.17) is 4.74 Å². The summed E-state index contributed by atoms with van der Waals surface area (Å²) in [5.41, 5.74) is 2.62. The van der Waals surface area contributed by atoms with Crippen molar-refractivity contribution in [2.24, 2.45) is 0 Å². The molecule has 0 saturated heterocycles. The van der Waals surface area contributed by atoms with Crippen molar-refractivity contribution in [1.82, 2.24) is 5.32 Å². The first-order valence-electron chi connectivity index (χ1n) is 8.41. The largest absolute Gasteiger partial charge is 0.478 e. The molecule has 0 radical (unpaired) electrons. The summed E-state index contributed by atoms with van der Waals surface area (Å²) in [6.45, 7) is 2.60. The van der Waals surface area contributed by atoms with Crippen molar-refractivity contribution in [3.8, 4) is 5.75 Å². The van der Waals surface area contributed by atoms with E-state index in [9.17, 15) is 13.2 Å². The van der Waals surface area contributed by atoms with Gasteiger partial charge in [-0.3, -0.25) is 9.10 Å². The van der Waals surface area contributed by atoms with Crippen LogP contribution < -0.4 is 14.4 Å². The third kappa shape index (κ3) is 4.16. The number of benzene rings is 2. The van der Waals surface area contributed by atoms with Crippen molar-refractivity contribution >= 4 is 21.6 Å². The molecule has 1 aliphatic heterocycles. The maximum atomic E-state index is 12.6. The molecule has 0 bridgehead atoms. The van der Waals surface area contributed by atoms with E-state index in [1.807, 2.05) is 31.2 Å². The van der Waals surface area contributed by atoms with Gasteiger partial charge in [0.1, 0.15) is 5.75 Å². The lowest BCUT2D eigenvalue weighted by Crippen LogP contribution is -2.39. The Kier molecular flexibility index (Phi) is 5.18. The van der Waals surface area contributed by atoms with E-state index in [1.54, 1.807) is 24.3 Å². The Balaban J connectivity index is 1.74. The molecule has 138 valence electrons. The van der Waals surface area contributed by atoms with Crippen LogP contribution in [-0.2, 0) is 21.4 Å². The van der Waals surface area contributed by atoms with Gasteiger partial charge in [0.2, 0.25) is 10.0 Å². The molecule has 0 fully saturated rings. The zero-order valence-electron chi connectivity index (χ0n) is 14.8. The minimum absolute atomic E-state index is 0.193. The van der Waals surface area contributed by atoms with E-state index >= 15 is 0 Å². The average molecular weight is 374 g/mol. The minimum Gasteiger partial charge on any atom is -0.478 e. The van der Waals surface area contributed by atoms with Crippen LogP contribution in [0.4, 0.5) is 5.69 Å². The van der Waals surface area contributed by atoms with Crippen molar-refractivity contribution < 1.29 is 17.9 Å². The number of ether oxygens (including phenoxy) is 1. The lowest BCUT2D eigenvalue weighted by Gasteiger charge is -2.20. The Morgan fingerprint density at radius 1 is 1.19 bits per heavy atom. The van der Waals surface area contributed by atoms with Gasteiger partial charge >= 0.3 is 0 Å². The molecule has 1 aliphatic rings. The highest BCUT2D eigenvalue weighted by atomic mass is 32.2. The summed E-state index contributed by atoms with van der Waals surface area (Å²) in [6, 6.07) is 14.8. The zero-order valence-corrected chi connectivity index (χ0v) is 15.6. The Morgan fingerprint density at radius 3 is 2.58 bits per heavy atom. The molecule has 0 unspecified atom stereocenters. The molecule has 1 atom stereocenters. The molecule has 6 nitrogen and oxygen atoms in total. The van der Waals surface area contributed by atoms with Gasteiger partial charge in [0.05, 0.1) is 11.9 Å². The normalized spacial score (nSPS) is 17.0. The monoisotopic (exact) mass is 374 g/mol. The van der Waals surface area contributed by atoms with Crippen LogP contribution in [-0.4, -0.2) is 33.2 Å². The third-order valence-electron chi connectivity index (χ3n) is 4.28. The van der Waals surface area contributed by atoms with Crippen molar-refractivity contribution in [2.45, 2.75) is 26.0 Å². The Bertz CT molecular complexity index is 894. The fourth-order valence-corrected chi connectivity index (χ4v) is 3.81. The number of para-hydroxylation sites is 2. The smallest absolute Gasteiger partial charge is 0.261 e. The van der Waals surface area contributed by atoms with Crippen LogP contribution in [0.15, 0.2) is 48.5 Å². The van der Waals surface area contributed by atoms with Gasteiger partial charge in [0.25, 0.3) is 5.91 Å². The first-order valence-corrected chi connectivity index (χ1v) is 10.3. The SMILES string of the molecule is Cc1ccc(CNC(=O)[C@@H]2CCN(S(C)(=O)=O)c3ccccc3O2)cc1. The summed E-state index contributed by atoms with van der Waals surface area (Å²) < 4.78 is 31.3. The zero-order chi connectivity index (χ0) is 18.7. The standard InChI is InChI=1S/C19H22N2O4S/c1-14-7-9-15(10-8-14)13-20-19(22)18-11-12-21(26(2,23)24)16-5-3-4-6-17(16)25-18/h3-10,18H,11-13H2,1-2H3,(H,20,22)/t18-/m0/s1. The predicted octanol–water partition coefficient (Wildman–Crippen LogP) is 2.23. The number of carbonyl (C=O) groups is 1. The van der Waals surface area contributed by atoms with E-state index in [-0.39, 0.29) is 18.9 Å². The fraction of sp³-hybridized carbons (Fsp3) is 0.316. The van der Waals surface area contributed by atoms with E-state index in [1.165, 1.54) is 4.31 Å². The number of amides is 1.